The van der Waals surface area contributed by atoms with Crippen LogP contribution in [0.25, 0.3) is 0 Å². The maximum Gasteiger partial charge on any atom is 0.0613 e. The van der Waals surface area contributed by atoms with E-state index in [1.165, 1.54) is 51.4 Å². The minimum Gasteiger partial charge on any atom is -0.394 e. The van der Waals surface area contributed by atoms with Gasteiger partial charge in [-0.15, -0.1) is 0 Å². The molecule has 2 aliphatic rings. The van der Waals surface area contributed by atoms with Gasteiger partial charge in [-0.3, -0.25) is 0 Å². The van der Waals surface area contributed by atoms with E-state index in [0.29, 0.717) is 6.04 Å². The van der Waals surface area contributed by atoms with Crippen LogP contribution in [0, 0.1) is 0 Å². The number of nitrogens with one attached hydrogen (secondary N) is 1. The van der Waals surface area contributed by atoms with Crippen LogP contribution in [0.5, 0.6) is 0 Å². The lowest BCUT2D eigenvalue weighted by Crippen LogP contribution is -2.56. The SMILES string of the molecule is CCNC1(CO)CCCC(N(C)C2CCCCCC2)C1. The standard InChI is InChI=1S/C17H34N2O/c1-3-18-17(14-20)12-8-11-16(13-17)19(2)15-9-6-4-5-7-10-15/h15-16,18,20H,3-14H2,1-2H3. The molecule has 0 heterocycles. The Kier molecular flexibility index (Phi) is 6.31. The summed E-state index contributed by atoms with van der Waals surface area (Å²) in [5.41, 5.74) is -0.0172. The Hall–Kier alpha value is -0.120. The molecule has 0 aromatic rings. The molecule has 0 saturated heterocycles. The first-order chi connectivity index (χ1) is 9.71. The third-order valence-electron chi connectivity index (χ3n) is 5.65. The van der Waals surface area contributed by atoms with Gasteiger partial charge in [0.15, 0.2) is 0 Å². The van der Waals surface area contributed by atoms with Crippen LogP contribution in [0.1, 0.15) is 71.1 Å². The molecule has 118 valence electrons. The van der Waals surface area contributed by atoms with Crippen molar-refractivity contribution in [1.82, 2.24) is 10.2 Å². The molecule has 2 saturated carbocycles. The molecule has 2 N–H and O–H groups in total. The zero-order chi connectivity index (χ0) is 14.4. The van der Waals surface area contributed by atoms with E-state index in [1.807, 2.05) is 0 Å². The van der Waals surface area contributed by atoms with Crippen molar-refractivity contribution >= 4 is 0 Å². The summed E-state index contributed by atoms with van der Waals surface area (Å²) >= 11 is 0. The highest BCUT2D eigenvalue weighted by Gasteiger charge is 2.37. The molecule has 0 aliphatic heterocycles. The second kappa shape index (κ2) is 7.77. The molecular formula is C17H34N2O. The molecule has 0 radical (unpaired) electrons. The molecule has 2 rings (SSSR count). The van der Waals surface area contributed by atoms with Crippen molar-refractivity contribution in [2.75, 3.05) is 20.2 Å². The van der Waals surface area contributed by atoms with Crippen molar-refractivity contribution < 1.29 is 5.11 Å². The molecule has 0 amide bonds. The van der Waals surface area contributed by atoms with Crippen molar-refractivity contribution in [1.29, 1.82) is 0 Å². The smallest absolute Gasteiger partial charge is 0.0613 e. The highest BCUT2D eigenvalue weighted by Crippen LogP contribution is 2.33. The Balaban J connectivity index is 1.96. The summed E-state index contributed by atoms with van der Waals surface area (Å²) < 4.78 is 0. The fraction of sp³-hybridized carbons (Fsp3) is 1.00. The van der Waals surface area contributed by atoms with Crippen LogP contribution in [-0.4, -0.2) is 47.8 Å². The number of aliphatic hydroxyl groups excluding tert-OH is 1. The van der Waals surface area contributed by atoms with Gasteiger partial charge in [0.05, 0.1) is 6.61 Å². The lowest BCUT2D eigenvalue weighted by atomic mass is 9.78. The summed E-state index contributed by atoms with van der Waals surface area (Å²) in [7, 11) is 2.33. The zero-order valence-corrected chi connectivity index (χ0v) is 13.5. The van der Waals surface area contributed by atoms with Crippen LogP contribution < -0.4 is 5.32 Å². The van der Waals surface area contributed by atoms with Gasteiger partial charge in [-0.2, -0.15) is 0 Å². The Morgan fingerprint density at radius 3 is 2.30 bits per heavy atom. The van der Waals surface area contributed by atoms with Crippen molar-refractivity contribution in [2.45, 2.75) is 88.8 Å². The first-order valence-electron chi connectivity index (χ1n) is 8.78. The highest BCUT2D eigenvalue weighted by molar-refractivity contribution is 4.96. The predicted octanol–water partition coefficient (Wildman–Crippen LogP) is 2.92. The molecule has 2 atom stereocenters. The quantitative estimate of drug-likeness (QED) is 0.761. The maximum atomic E-state index is 9.85. The van der Waals surface area contributed by atoms with Crippen molar-refractivity contribution in [3.8, 4) is 0 Å². The molecule has 3 heteroatoms. The lowest BCUT2D eigenvalue weighted by Gasteiger charge is -2.45. The lowest BCUT2D eigenvalue weighted by molar-refractivity contribution is 0.0499. The average Bonchev–Trinajstić information content (AvgIpc) is 2.76. The van der Waals surface area contributed by atoms with Crippen LogP contribution >= 0.6 is 0 Å². The van der Waals surface area contributed by atoms with Crippen LogP contribution in [0.2, 0.25) is 0 Å². The fourth-order valence-electron chi connectivity index (χ4n) is 4.38. The first kappa shape index (κ1) is 16.3. The maximum absolute atomic E-state index is 9.85. The first-order valence-corrected chi connectivity index (χ1v) is 8.78. The molecule has 20 heavy (non-hydrogen) atoms. The van der Waals surface area contributed by atoms with Gasteiger partial charge in [-0.05, 0) is 52.1 Å². The van der Waals surface area contributed by atoms with Crippen LogP contribution in [-0.2, 0) is 0 Å². The monoisotopic (exact) mass is 282 g/mol. The van der Waals surface area contributed by atoms with E-state index in [-0.39, 0.29) is 12.1 Å². The van der Waals surface area contributed by atoms with Gasteiger partial charge in [0.1, 0.15) is 0 Å². The Labute approximate surface area is 125 Å². The number of likely N-dealkylation sites (N-methyl/N-ethyl adjacent to an activating group) is 1. The Morgan fingerprint density at radius 1 is 1.05 bits per heavy atom. The highest BCUT2D eigenvalue weighted by atomic mass is 16.3. The number of hydrogen-bond donors (Lipinski definition) is 2. The zero-order valence-electron chi connectivity index (χ0n) is 13.5. The largest absolute Gasteiger partial charge is 0.394 e. The number of hydrogen-bond acceptors (Lipinski definition) is 3. The van der Waals surface area contributed by atoms with Gasteiger partial charge >= 0.3 is 0 Å². The normalized spacial score (nSPS) is 33.3. The van der Waals surface area contributed by atoms with E-state index >= 15 is 0 Å². The average molecular weight is 282 g/mol. The number of rotatable bonds is 5. The summed E-state index contributed by atoms with van der Waals surface area (Å²) in [6.07, 6.45) is 13.2. The van der Waals surface area contributed by atoms with Crippen LogP contribution in [0.15, 0.2) is 0 Å². The summed E-state index contributed by atoms with van der Waals surface area (Å²) in [6.45, 7) is 3.40. The molecule has 0 spiro atoms. The number of aliphatic hydroxyl groups is 1. The molecule has 2 aliphatic carbocycles. The van der Waals surface area contributed by atoms with Gasteiger partial charge in [-0.1, -0.05) is 32.6 Å². The Bertz CT molecular complexity index is 272. The molecule has 2 unspecified atom stereocenters. The second-order valence-electron chi connectivity index (χ2n) is 7.03. The summed E-state index contributed by atoms with van der Waals surface area (Å²) in [5, 5.41) is 13.4. The van der Waals surface area contributed by atoms with Crippen molar-refractivity contribution in [3.05, 3.63) is 0 Å². The minimum atomic E-state index is -0.0172. The van der Waals surface area contributed by atoms with Crippen LogP contribution in [0.3, 0.4) is 0 Å². The molecule has 0 aromatic heterocycles. The van der Waals surface area contributed by atoms with Gasteiger partial charge < -0.3 is 15.3 Å². The van der Waals surface area contributed by atoms with E-state index < -0.39 is 0 Å². The summed E-state index contributed by atoms with van der Waals surface area (Å²) in [5.74, 6) is 0. The predicted molar refractivity (Wildman–Crippen MR) is 85.0 cm³/mol. The number of nitrogens with zero attached hydrogens (tertiary/aromatic N) is 1. The molecular weight excluding hydrogens is 248 g/mol. The van der Waals surface area contributed by atoms with Crippen LogP contribution in [0.4, 0.5) is 0 Å². The minimum absolute atomic E-state index is 0.0172. The Morgan fingerprint density at radius 2 is 1.70 bits per heavy atom. The van der Waals surface area contributed by atoms with Crippen molar-refractivity contribution in [3.63, 3.8) is 0 Å². The third kappa shape index (κ3) is 3.96. The van der Waals surface area contributed by atoms with E-state index in [0.717, 1.165) is 25.4 Å². The molecule has 0 bridgehead atoms. The third-order valence-corrected chi connectivity index (χ3v) is 5.65. The van der Waals surface area contributed by atoms with Gasteiger partial charge in [0, 0.05) is 17.6 Å². The second-order valence-corrected chi connectivity index (χ2v) is 7.03. The molecule has 3 nitrogen and oxygen atoms in total. The topological polar surface area (TPSA) is 35.5 Å². The van der Waals surface area contributed by atoms with E-state index in [2.05, 4.69) is 24.2 Å². The van der Waals surface area contributed by atoms with Crippen molar-refractivity contribution in [2.24, 2.45) is 0 Å². The van der Waals surface area contributed by atoms with Gasteiger partial charge in [0.2, 0.25) is 0 Å². The van der Waals surface area contributed by atoms with E-state index in [9.17, 15) is 5.11 Å². The molecule has 0 aromatic carbocycles. The van der Waals surface area contributed by atoms with Gasteiger partial charge in [0.25, 0.3) is 0 Å². The molecule has 2 fully saturated rings. The summed E-state index contributed by atoms with van der Waals surface area (Å²) in [4.78, 5) is 2.66. The van der Waals surface area contributed by atoms with E-state index in [4.69, 9.17) is 0 Å². The fourth-order valence-corrected chi connectivity index (χ4v) is 4.38. The van der Waals surface area contributed by atoms with E-state index in [1.54, 1.807) is 0 Å². The van der Waals surface area contributed by atoms with Gasteiger partial charge in [-0.25, -0.2) is 0 Å². The summed E-state index contributed by atoms with van der Waals surface area (Å²) in [6, 6.07) is 1.43.